The Balaban J connectivity index is 1.57. The molecule has 142 valence electrons. The van der Waals surface area contributed by atoms with E-state index in [1.54, 1.807) is 6.07 Å². The molecular weight excluding hydrogens is 369 g/mol. The van der Waals surface area contributed by atoms with Gasteiger partial charge in [0.2, 0.25) is 0 Å². The van der Waals surface area contributed by atoms with E-state index in [-0.39, 0.29) is 5.69 Å². The summed E-state index contributed by atoms with van der Waals surface area (Å²) in [5.74, 6) is -2.62. The van der Waals surface area contributed by atoms with Crippen molar-refractivity contribution in [3.63, 3.8) is 0 Å². The molecule has 4 aromatic carbocycles. The van der Waals surface area contributed by atoms with Crippen molar-refractivity contribution in [3.8, 4) is 0 Å². The van der Waals surface area contributed by atoms with Crippen molar-refractivity contribution >= 4 is 45.3 Å². The van der Waals surface area contributed by atoms with Crippen LogP contribution in [-0.4, -0.2) is 18.0 Å². The van der Waals surface area contributed by atoms with E-state index in [2.05, 4.69) is 21.9 Å². The van der Waals surface area contributed by atoms with E-state index in [4.69, 9.17) is 0 Å². The van der Waals surface area contributed by atoms with Gasteiger partial charge in [0.25, 0.3) is 0 Å². The molecule has 0 saturated heterocycles. The predicted molar refractivity (Wildman–Crippen MR) is 112 cm³/mol. The molecular formula is C23H16FN3O2. The molecule has 0 bridgehead atoms. The Kier molecular flexibility index (Phi) is 4.99. The molecule has 0 aliphatic rings. The van der Waals surface area contributed by atoms with Crippen molar-refractivity contribution in [1.29, 1.82) is 0 Å². The first-order chi connectivity index (χ1) is 14.1. The summed E-state index contributed by atoms with van der Waals surface area (Å²) in [4.78, 5) is 24.0. The fraction of sp³-hybridized carbons (Fsp3) is 0. The number of amides is 2. The van der Waals surface area contributed by atoms with Crippen LogP contribution in [0.25, 0.3) is 21.5 Å². The Labute approximate surface area is 165 Å². The average Bonchev–Trinajstić information content (AvgIpc) is 2.74. The highest BCUT2D eigenvalue weighted by molar-refractivity contribution is 6.39. The standard InChI is InChI=1S/C23H16FN3O2/c24-20-11-5-6-12-21(20)26-22(28)23(29)27-25-14-19-17-9-3-1-7-15(17)13-16-8-2-4-10-18(16)19/h1-14H,(H,26,28)(H,27,29). The van der Waals surface area contributed by atoms with E-state index in [1.165, 1.54) is 24.4 Å². The van der Waals surface area contributed by atoms with Crippen molar-refractivity contribution < 1.29 is 14.0 Å². The van der Waals surface area contributed by atoms with Crippen LogP contribution < -0.4 is 10.7 Å². The summed E-state index contributed by atoms with van der Waals surface area (Å²) in [7, 11) is 0. The number of anilines is 1. The number of hydrazone groups is 1. The lowest BCUT2D eigenvalue weighted by Crippen LogP contribution is -2.32. The van der Waals surface area contributed by atoms with Crippen LogP contribution in [0.1, 0.15) is 5.56 Å². The maximum atomic E-state index is 13.6. The fourth-order valence-electron chi connectivity index (χ4n) is 3.14. The molecule has 2 amide bonds. The number of hydrogen-bond donors (Lipinski definition) is 2. The second-order valence-electron chi connectivity index (χ2n) is 6.37. The topological polar surface area (TPSA) is 70.6 Å². The first kappa shape index (κ1) is 18.3. The molecule has 0 heterocycles. The maximum Gasteiger partial charge on any atom is 0.329 e. The zero-order chi connectivity index (χ0) is 20.2. The van der Waals surface area contributed by atoms with Crippen LogP contribution in [0.4, 0.5) is 10.1 Å². The second kappa shape index (κ2) is 7.90. The third-order valence-electron chi connectivity index (χ3n) is 4.50. The molecule has 29 heavy (non-hydrogen) atoms. The minimum atomic E-state index is -1.00. The Hall–Kier alpha value is -4.06. The minimum absolute atomic E-state index is 0.0725. The van der Waals surface area contributed by atoms with Gasteiger partial charge in [-0.3, -0.25) is 9.59 Å². The molecule has 0 fully saturated rings. The van der Waals surface area contributed by atoms with Crippen LogP contribution in [0.15, 0.2) is 84.0 Å². The Morgan fingerprint density at radius 1 is 0.793 bits per heavy atom. The van der Waals surface area contributed by atoms with Crippen molar-refractivity contribution in [2.75, 3.05) is 5.32 Å². The Morgan fingerprint density at radius 3 is 2.03 bits per heavy atom. The molecule has 2 N–H and O–H groups in total. The normalized spacial score (nSPS) is 11.1. The van der Waals surface area contributed by atoms with Gasteiger partial charge < -0.3 is 5.32 Å². The van der Waals surface area contributed by atoms with E-state index in [9.17, 15) is 14.0 Å². The lowest BCUT2D eigenvalue weighted by molar-refractivity contribution is -0.136. The van der Waals surface area contributed by atoms with Gasteiger partial charge in [-0.25, -0.2) is 9.82 Å². The molecule has 4 aromatic rings. The van der Waals surface area contributed by atoms with Crippen molar-refractivity contribution in [2.45, 2.75) is 0 Å². The van der Waals surface area contributed by atoms with E-state index < -0.39 is 17.6 Å². The minimum Gasteiger partial charge on any atom is -0.315 e. The van der Waals surface area contributed by atoms with Gasteiger partial charge in [-0.2, -0.15) is 5.10 Å². The van der Waals surface area contributed by atoms with Gasteiger partial charge in [0.05, 0.1) is 11.9 Å². The summed E-state index contributed by atoms with van der Waals surface area (Å²) in [6.07, 6.45) is 1.51. The molecule has 0 aliphatic carbocycles. The largest absolute Gasteiger partial charge is 0.329 e. The number of para-hydroxylation sites is 1. The number of nitrogens with zero attached hydrogens (tertiary/aromatic N) is 1. The molecule has 0 radical (unpaired) electrons. The van der Waals surface area contributed by atoms with Gasteiger partial charge in [-0.05, 0) is 39.7 Å². The van der Waals surface area contributed by atoms with E-state index in [1.807, 2.05) is 48.5 Å². The molecule has 0 unspecified atom stereocenters. The summed E-state index contributed by atoms with van der Waals surface area (Å²) in [6.45, 7) is 0. The summed E-state index contributed by atoms with van der Waals surface area (Å²) >= 11 is 0. The number of benzene rings is 4. The molecule has 0 aromatic heterocycles. The fourth-order valence-corrected chi connectivity index (χ4v) is 3.14. The number of nitrogens with one attached hydrogen (secondary N) is 2. The summed E-state index contributed by atoms with van der Waals surface area (Å²) in [6, 6.07) is 23.4. The van der Waals surface area contributed by atoms with Gasteiger partial charge in [-0.1, -0.05) is 60.7 Å². The lowest BCUT2D eigenvalue weighted by Gasteiger charge is -2.08. The molecule has 6 heteroatoms. The van der Waals surface area contributed by atoms with Crippen LogP contribution in [0.3, 0.4) is 0 Å². The molecule has 0 spiro atoms. The highest BCUT2D eigenvalue weighted by Gasteiger charge is 2.14. The Bertz CT molecular complexity index is 1210. The third kappa shape index (κ3) is 3.82. The number of rotatable bonds is 3. The monoisotopic (exact) mass is 385 g/mol. The molecule has 5 nitrogen and oxygen atoms in total. The highest BCUT2D eigenvalue weighted by Crippen LogP contribution is 2.27. The van der Waals surface area contributed by atoms with E-state index >= 15 is 0 Å². The maximum absolute atomic E-state index is 13.6. The van der Waals surface area contributed by atoms with Crippen LogP contribution in [0.2, 0.25) is 0 Å². The van der Waals surface area contributed by atoms with Crippen LogP contribution in [-0.2, 0) is 9.59 Å². The average molecular weight is 385 g/mol. The predicted octanol–water partition coefficient (Wildman–Crippen LogP) is 4.22. The number of fused-ring (bicyclic) bond motifs is 2. The summed E-state index contributed by atoms with van der Waals surface area (Å²) in [5.41, 5.74) is 2.95. The molecule has 0 atom stereocenters. The molecule has 0 aliphatic heterocycles. The number of halogens is 1. The van der Waals surface area contributed by atoms with Crippen LogP contribution in [0, 0.1) is 5.82 Å². The van der Waals surface area contributed by atoms with Gasteiger partial charge in [0.1, 0.15) is 5.82 Å². The molecule has 4 rings (SSSR count). The van der Waals surface area contributed by atoms with Gasteiger partial charge in [0.15, 0.2) is 0 Å². The third-order valence-corrected chi connectivity index (χ3v) is 4.50. The van der Waals surface area contributed by atoms with E-state index in [0.29, 0.717) is 0 Å². The first-order valence-electron chi connectivity index (χ1n) is 8.93. The Morgan fingerprint density at radius 2 is 1.38 bits per heavy atom. The SMILES string of the molecule is O=C(NN=Cc1c2ccccc2cc2ccccc12)C(=O)Nc1ccccc1F. The van der Waals surface area contributed by atoms with Crippen molar-refractivity contribution in [2.24, 2.45) is 5.10 Å². The molecule has 0 saturated carbocycles. The van der Waals surface area contributed by atoms with Crippen LogP contribution in [0.5, 0.6) is 0 Å². The van der Waals surface area contributed by atoms with Gasteiger partial charge in [0, 0.05) is 5.56 Å². The van der Waals surface area contributed by atoms with E-state index in [0.717, 1.165) is 27.1 Å². The van der Waals surface area contributed by atoms with Crippen LogP contribution >= 0.6 is 0 Å². The van der Waals surface area contributed by atoms with Gasteiger partial charge >= 0.3 is 11.8 Å². The summed E-state index contributed by atoms with van der Waals surface area (Å²) in [5, 5.41) is 10.2. The zero-order valence-corrected chi connectivity index (χ0v) is 15.2. The van der Waals surface area contributed by atoms with Gasteiger partial charge in [-0.15, -0.1) is 0 Å². The zero-order valence-electron chi connectivity index (χ0n) is 15.2. The number of hydrogen-bond acceptors (Lipinski definition) is 3. The smallest absolute Gasteiger partial charge is 0.315 e. The lowest BCUT2D eigenvalue weighted by atomic mass is 9.97. The van der Waals surface area contributed by atoms with Crippen molar-refractivity contribution in [1.82, 2.24) is 5.43 Å². The number of carbonyl (C=O) groups is 2. The summed E-state index contributed by atoms with van der Waals surface area (Å²) < 4.78 is 13.6. The first-order valence-corrected chi connectivity index (χ1v) is 8.93. The highest BCUT2D eigenvalue weighted by atomic mass is 19.1. The quantitative estimate of drug-likeness (QED) is 0.240. The number of carbonyl (C=O) groups excluding carboxylic acids is 2. The second-order valence-corrected chi connectivity index (χ2v) is 6.37. The van der Waals surface area contributed by atoms with Crippen molar-refractivity contribution in [3.05, 3.63) is 90.2 Å².